The fourth-order valence-electron chi connectivity index (χ4n) is 2.50. The van der Waals surface area contributed by atoms with Gasteiger partial charge in [0.05, 0.1) is 13.0 Å². The second kappa shape index (κ2) is 3.61. The highest BCUT2D eigenvalue weighted by atomic mass is 16.5. The lowest BCUT2D eigenvalue weighted by Crippen LogP contribution is -2.28. The van der Waals surface area contributed by atoms with Gasteiger partial charge in [0.2, 0.25) is 0 Å². The second-order valence-electron chi connectivity index (χ2n) is 4.75. The van der Waals surface area contributed by atoms with Crippen LogP contribution < -0.4 is 0 Å². The molecule has 1 fully saturated rings. The standard InChI is InChI=1S/C12H16N2O2/c1-16-12(15)9-4-5-10-6-13-11(8-2-3-8)14(10)7-9/h6,8-9H,2-5,7H2,1H3. The Morgan fingerprint density at radius 2 is 2.31 bits per heavy atom. The van der Waals surface area contributed by atoms with Gasteiger partial charge in [-0.2, -0.15) is 0 Å². The summed E-state index contributed by atoms with van der Waals surface area (Å²) in [5, 5.41) is 0. The van der Waals surface area contributed by atoms with Gasteiger partial charge in [-0.15, -0.1) is 0 Å². The average Bonchev–Trinajstić information content (AvgIpc) is 3.08. The summed E-state index contributed by atoms with van der Waals surface area (Å²) in [6, 6.07) is 0. The molecule has 1 unspecified atom stereocenters. The first-order valence-electron chi connectivity index (χ1n) is 5.91. The smallest absolute Gasteiger partial charge is 0.310 e. The first-order valence-corrected chi connectivity index (χ1v) is 5.91. The van der Waals surface area contributed by atoms with E-state index in [9.17, 15) is 4.79 Å². The van der Waals surface area contributed by atoms with Crippen LogP contribution in [0.3, 0.4) is 0 Å². The van der Waals surface area contributed by atoms with Gasteiger partial charge < -0.3 is 9.30 Å². The van der Waals surface area contributed by atoms with Crippen LogP contribution in [0.1, 0.15) is 36.7 Å². The Labute approximate surface area is 94.6 Å². The zero-order chi connectivity index (χ0) is 11.1. The van der Waals surface area contributed by atoms with Gasteiger partial charge in [0.25, 0.3) is 0 Å². The molecule has 0 aromatic carbocycles. The third-order valence-electron chi connectivity index (χ3n) is 3.60. The minimum Gasteiger partial charge on any atom is -0.469 e. The lowest BCUT2D eigenvalue weighted by atomic mass is 9.98. The van der Waals surface area contributed by atoms with Gasteiger partial charge in [0.1, 0.15) is 5.82 Å². The molecule has 0 spiro atoms. The fourth-order valence-corrected chi connectivity index (χ4v) is 2.50. The summed E-state index contributed by atoms with van der Waals surface area (Å²) in [5.41, 5.74) is 1.28. The Morgan fingerprint density at radius 1 is 1.50 bits per heavy atom. The number of carbonyl (C=O) groups is 1. The van der Waals surface area contributed by atoms with E-state index >= 15 is 0 Å². The van der Waals surface area contributed by atoms with Gasteiger partial charge in [0, 0.05) is 24.4 Å². The lowest BCUT2D eigenvalue weighted by Gasteiger charge is -2.23. The third-order valence-corrected chi connectivity index (χ3v) is 3.60. The number of carbonyl (C=O) groups excluding carboxylic acids is 1. The van der Waals surface area contributed by atoms with Crippen molar-refractivity contribution in [2.45, 2.75) is 38.1 Å². The van der Waals surface area contributed by atoms with Crippen LogP contribution in [0.5, 0.6) is 0 Å². The molecule has 4 heteroatoms. The van der Waals surface area contributed by atoms with E-state index in [0.29, 0.717) is 5.92 Å². The maximum atomic E-state index is 11.5. The van der Waals surface area contributed by atoms with Crippen LogP contribution in [0.15, 0.2) is 6.20 Å². The molecule has 2 aliphatic rings. The summed E-state index contributed by atoms with van der Waals surface area (Å²) in [5.74, 6) is 1.76. The topological polar surface area (TPSA) is 44.1 Å². The van der Waals surface area contributed by atoms with Crippen molar-refractivity contribution in [3.8, 4) is 0 Å². The molecular weight excluding hydrogens is 204 g/mol. The predicted octanol–water partition coefficient (Wildman–Crippen LogP) is 1.50. The Hall–Kier alpha value is -1.32. The molecule has 1 atom stereocenters. The van der Waals surface area contributed by atoms with Crippen LogP contribution in [0.4, 0.5) is 0 Å². The minimum absolute atomic E-state index is 0.0178. The van der Waals surface area contributed by atoms with Crippen LogP contribution in [-0.4, -0.2) is 22.6 Å². The molecule has 16 heavy (non-hydrogen) atoms. The van der Waals surface area contributed by atoms with Crippen molar-refractivity contribution in [3.63, 3.8) is 0 Å². The van der Waals surface area contributed by atoms with Crippen molar-refractivity contribution in [1.29, 1.82) is 0 Å². The molecule has 3 rings (SSSR count). The van der Waals surface area contributed by atoms with Gasteiger partial charge in [-0.1, -0.05) is 0 Å². The van der Waals surface area contributed by atoms with Crippen molar-refractivity contribution in [3.05, 3.63) is 17.7 Å². The van der Waals surface area contributed by atoms with Crippen molar-refractivity contribution in [2.75, 3.05) is 7.11 Å². The molecule has 0 radical (unpaired) electrons. The van der Waals surface area contributed by atoms with E-state index < -0.39 is 0 Å². The van der Waals surface area contributed by atoms with Gasteiger partial charge >= 0.3 is 5.97 Å². The van der Waals surface area contributed by atoms with Crippen molar-refractivity contribution < 1.29 is 9.53 Å². The van der Waals surface area contributed by atoms with E-state index in [1.54, 1.807) is 0 Å². The molecule has 0 amide bonds. The SMILES string of the molecule is COC(=O)C1CCc2cnc(C3CC3)n2C1. The van der Waals surface area contributed by atoms with E-state index in [0.717, 1.165) is 19.4 Å². The predicted molar refractivity (Wildman–Crippen MR) is 58.0 cm³/mol. The van der Waals surface area contributed by atoms with Crippen LogP contribution in [0.2, 0.25) is 0 Å². The molecule has 1 aromatic rings. The van der Waals surface area contributed by atoms with Gasteiger partial charge in [-0.05, 0) is 25.7 Å². The van der Waals surface area contributed by atoms with Crippen LogP contribution in [-0.2, 0) is 22.5 Å². The Bertz CT molecular complexity index is 421. The van der Waals surface area contributed by atoms with Crippen molar-refractivity contribution >= 4 is 5.97 Å². The maximum Gasteiger partial charge on any atom is 0.310 e. The number of aryl methyl sites for hydroxylation is 1. The van der Waals surface area contributed by atoms with E-state index in [1.807, 2.05) is 6.20 Å². The van der Waals surface area contributed by atoms with Crippen LogP contribution in [0, 0.1) is 5.92 Å². The van der Waals surface area contributed by atoms with E-state index in [4.69, 9.17) is 4.74 Å². The molecule has 86 valence electrons. The fraction of sp³-hybridized carbons (Fsp3) is 0.667. The molecule has 0 N–H and O–H groups in total. The zero-order valence-electron chi connectivity index (χ0n) is 9.48. The van der Waals surface area contributed by atoms with Gasteiger partial charge in [0.15, 0.2) is 0 Å². The number of hydrogen-bond acceptors (Lipinski definition) is 3. The largest absolute Gasteiger partial charge is 0.469 e. The summed E-state index contributed by atoms with van der Waals surface area (Å²) in [4.78, 5) is 16.0. The summed E-state index contributed by atoms with van der Waals surface area (Å²) < 4.78 is 7.06. The summed E-state index contributed by atoms with van der Waals surface area (Å²) >= 11 is 0. The first kappa shape index (κ1) is 9.87. The van der Waals surface area contributed by atoms with Crippen LogP contribution >= 0.6 is 0 Å². The number of rotatable bonds is 2. The molecule has 0 saturated heterocycles. The number of imidazole rings is 1. The molecule has 1 aliphatic carbocycles. The third kappa shape index (κ3) is 1.52. The quantitative estimate of drug-likeness (QED) is 0.709. The van der Waals surface area contributed by atoms with Gasteiger partial charge in [-0.25, -0.2) is 4.98 Å². The molecule has 1 saturated carbocycles. The minimum atomic E-state index is -0.0823. The average molecular weight is 220 g/mol. The number of hydrogen-bond donors (Lipinski definition) is 0. The normalized spacial score (nSPS) is 23.9. The Balaban J connectivity index is 1.85. The van der Waals surface area contributed by atoms with Gasteiger partial charge in [-0.3, -0.25) is 4.79 Å². The number of aromatic nitrogens is 2. The lowest BCUT2D eigenvalue weighted by molar-refractivity contribution is -0.146. The summed E-state index contributed by atoms with van der Waals surface area (Å²) in [7, 11) is 1.47. The molecule has 4 nitrogen and oxygen atoms in total. The molecule has 0 bridgehead atoms. The highest BCUT2D eigenvalue weighted by molar-refractivity contribution is 5.72. The second-order valence-corrected chi connectivity index (χ2v) is 4.75. The zero-order valence-corrected chi connectivity index (χ0v) is 9.48. The molecule has 1 aliphatic heterocycles. The van der Waals surface area contributed by atoms with E-state index in [2.05, 4.69) is 9.55 Å². The summed E-state index contributed by atoms with van der Waals surface area (Å²) in [6.07, 6.45) is 6.31. The Kier molecular flexibility index (Phi) is 2.23. The highest BCUT2D eigenvalue weighted by Gasteiger charge is 2.33. The molecule has 2 heterocycles. The molecule has 1 aromatic heterocycles. The van der Waals surface area contributed by atoms with E-state index in [-0.39, 0.29) is 11.9 Å². The number of nitrogens with zero attached hydrogens (tertiary/aromatic N) is 2. The summed E-state index contributed by atoms with van der Waals surface area (Å²) in [6.45, 7) is 0.758. The maximum absolute atomic E-state index is 11.5. The Morgan fingerprint density at radius 3 is 3.00 bits per heavy atom. The number of ether oxygens (including phenoxy) is 1. The number of methoxy groups -OCH3 is 1. The van der Waals surface area contributed by atoms with Crippen LogP contribution in [0.25, 0.3) is 0 Å². The monoisotopic (exact) mass is 220 g/mol. The first-order chi connectivity index (χ1) is 7.79. The molecular formula is C12H16N2O2. The van der Waals surface area contributed by atoms with Crippen molar-refractivity contribution in [2.24, 2.45) is 5.92 Å². The number of fused-ring (bicyclic) bond motifs is 1. The van der Waals surface area contributed by atoms with E-state index in [1.165, 1.54) is 31.5 Å². The highest BCUT2D eigenvalue weighted by Crippen LogP contribution is 2.40. The van der Waals surface area contributed by atoms with Crippen molar-refractivity contribution in [1.82, 2.24) is 9.55 Å². The number of esters is 1.